The lowest BCUT2D eigenvalue weighted by Gasteiger charge is -2.21. The Hall–Kier alpha value is -3.60. The van der Waals surface area contributed by atoms with Crippen molar-refractivity contribution in [2.45, 2.75) is 19.4 Å². The average molecular weight is 425 g/mol. The molecule has 2 aromatic carbocycles. The highest BCUT2D eigenvalue weighted by atomic mass is 19.1. The van der Waals surface area contributed by atoms with Crippen molar-refractivity contribution in [3.05, 3.63) is 59.7 Å². The molecule has 8 heteroatoms. The smallest absolute Gasteiger partial charge is 0.246 e. The van der Waals surface area contributed by atoms with Crippen LogP contribution in [0.25, 0.3) is 0 Å². The van der Waals surface area contributed by atoms with Crippen molar-refractivity contribution in [3.63, 3.8) is 0 Å². The van der Waals surface area contributed by atoms with Gasteiger partial charge in [-0.1, -0.05) is 18.1 Å². The number of terminal acetylenes is 1. The topological polar surface area (TPSA) is 68.8 Å². The van der Waals surface area contributed by atoms with Crippen LogP contribution in [0.1, 0.15) is 18.9 Å². The minimum absolute atomic E-state index is 0.0117. The number of amides is 1. The van der Waals surface area contributed by atoms with Crippen LogP contribution in [0.5, 0.6) is 0 Å². The number of hydrogen-bond acceptors (Lipinski definition) is 3. The number of nitrogens with one attached hydrogen (secondary N) is 3. The molecule has 1 unspecified atom stereocenters. The summed E-state index contributed by atoms with van der Waals surface area (Å²) in [5, 5.41) is 9.09. The van der Waals surface area contributed by atoms with Crippen LogP contribution in [-0.2, 0) is 4.79 Å². The number of guanidine groups is 1. The molecule has 0 spiro atoms. The van der Waals surface area contributed by atoms with Crippen LogP contribution in [-0.4, -0.2) is 44.1 Å². The number of rotatable bonds is 6. The summed E-state index contributed by atoms with van der Waals surface area (Å²) in [7, 11) is 0. The Morgan fingerprint density at radius 3 is 2.71 bits per heavy atom. The van der Waals surface area contributed by atoms with E-state index in [9.17, 15) is 13.6 Å². The highest BCUT2D eigenvalue weighted by Crippen LogP contribution is 2.26. The Kier molecular flexibility index (Phi) is 7.44. The summed E-state index contributed by atoms with van der Waals surface area (Å²) in [5.74, 6) is 1.55. The van der Waals surface area contributed by atoms with Crippen LogP contribution in [0.2, 0.25) is 0 Å². The van der Waals surface area contributed by atoms with Crippen LogP contribution in [0.4, 0.5) is 20.2 Å². The number of nitrogens with zero attached hydrogens (tertiary/aromatic N) is 2. The molecular formula is C23H25F2N5O. The molecular weight excluding hydrogens is 400 g/mol. The monoisotopic (exact) mass is 425 g/mol. The van der Waals surface area contributed by atoms with Crippen LogP contribution in [0.15, 0.2) is 47.5 Å². The normalized spacial score (nSPS) is 16.0. The number of halogens is 2. The maximum Gasteiger partial charge on any atom is 0.246 e. The Morgan fingerprint density at radius 2 is 2.00 bits per heavy atom. The Morgan fingerprint density at radius 1 is 1.26 bits per heavy atom. The van der Waals surface area contributed by atoms with Crippen molar-refractivity contribution in [3.8, 4) is 12.3 Å². The molecule has 1 aliphatic rings. The summed E-state index contributed by atoms with van der Waals surface area (Å²) < 4.78 is 28.1. The first-order chi connectivity index (χ1) is 15.0. The molecule has 0 aromatic heterocycles. The number of para-hydroxylation sites is 1. The van der Waals surface area contributed by atoms with E-state index in [4.69, 9.17) is 6.42 Å². The molecule has 3 rings (SSSR count). The van der Waals surface area contributed by atoms with Gasteiger partial charge in [0.25, 0.3) is 0 Å². The first kappa shape index (κ1) is 22.1. The molecule has 3 N–H and O–H groups in total. The second kappa shape index (κ2) is 10.4. The molecule has 1 heterocycles. The second-order valence-electron chi connectivity index (χ2n) is 7.11. The number of carbonyl (C=O) groups is 1. The molecule has 0 bridgehead atoms. The van der Waals surface area contributed by atoms with Gasteiger partial charge in [-0.25, -0.2) is 13.8 Å². The van der Waals surface area contributed by atoms with Crippen molar-refractivity contribution in [1.29, 1.82) is 0 Å². The van der Waals surface area contributed by atoms with E-state index in [-0.39, 0.29) is 24.2 Å². The zero-order valence-corrected chi connectivity index (χ0v) is 17.3. The van der Waals surface area contributed by atoms with E-state index in [2.05, 4.69) is 26.9 Å². The molecule has 0 saturated carbocycles. The van der Waals surface area contributed by atoms with Gasteiger partial charge < -0.3 is 20.9 Å². The van der Waals surface area contributed by atoms with Crippen LogP contribution in [0.3, 0.4) is 0 Å². The summed E-state index contributed by atoms with van der Waals surface area (Å²) in [5.41, 5.74) is 1.27. The quantitative estimate of drug-likeness (QED) is 0.378. The molecule has 1 saturated heterocycles. The number of benzene rings is 2. The molecule has 1 fully saturated rings. The molecule has 6 nitrogen and oxygen atoms in total. The standard InChI is InChI=1S/C23H25F2N5O/c1-3-16-7-5-8-17(13-16)28-21(31)14-27-23(26-4-2)29-18-11-12-30(15-18)22-19(24)9-6-10-20(22)25/h1,5-10,13,18H,4,11-12,14-15H2,2H3,(H,28,31)(H2,26,27,29). The van der Waals surface area contributed by atoms with Crippen molar-refractivity contribution >= 4 is 23.2 Å². The molecule has 162 valence electrons. The van der Waals surface area contributed by atoms with Crippen LogP contribution in [0, 0.1) is 24.0 Å². The fourth-order valence-electron chi connectivity index (χ4n) is 3.42. The van der Waals surface area contributed by atoms with Gasteiger partial charge in [-0.3, -0.25) is 4.79 Å². The first-order valence-corrected chi connectivity index (χ1v) is 10.1. The van der Waals surface area contributed by atoms with E-state index in [1.54, 1.807) is 29.2 Å². The highest BCUT2D eigenvalue weighted by Gasteiger charge is 2.27. The summed E-state index contributed by atoms with van der Waals surface area (Å²) in [4.78, 5) is 18.3. The van der Waals surface area contributed by atoms with Crippen molar-refractivity contribution in [2.24, 2.45) is 4.99 Å². The van der Waals surface area contributed by atoms with Gasteiger partial charge in [-0.2, -0.15) is 0 Å². The van der Waals surface area contributed by atoms with Gasteiger partial charge in [0.15, 0.2) is 5.96 Å². The number of hydrogen-bond donors (Lipinski definition) is 3. The molecule has 0 radical (unpaired) electrons. The third-order valence-corrected chi connectivity index (χ3v) is 4.82. The van der Waals surface area contributed by atoms with Gasteiger partial charge in [0.05, 0.1) is 0 Å². The summed E-state index contributed by atoms with van der Waals surface area (Å²) in [6.07, 6.45) is 6.06. The molecule has 31 heavy (non-hydrogen) atoms. The van der Waals surface area contributed by atoms with Crippen molar-refractivity contribution in [2.75, 3.05) is 36.4 Å². The largest absolute Gasteiger partial charge is 0.365 e. The third kappa shape index (κ3) is 5.95. The van der Waals surface area contributed by atoms with Gasteiger partial charge in [-0.15, -0.1) is 6.42 Å². The lowest BCUT2D eigenvalue weighted by atomic mass is 10.2. The van der Waals surface area contributed by atoms with E-state index < -0.39 is 11.6 Å². The number of aliphatic imine (C=N–C) groups is 1. The van der Waals surface area contributed by atoms with E-state index in [1.165, 1.54) is 18.2 Å². The van der Waals surface area contributed by atoms with E-state index in [1.807, 2.05) is 6.92 Å². The second-order valence-corrected chi connectivity index (χ2v) is 7.11. The Labute approximate surface area is 180 Å². The molecule has 2 aromatic rings. The third-order valence-electron chi connectivity index (χ3n) is 4.82. The predicted octanol–water partition coefficient (Wildman–Crippen LogP) is 2.72. The predicted molar refractivity (Wildman–Crippen MR) is 119 cm³/mol. The summed E-state index contributed by atoms with van der Waals surface area (Å²) in [6.45, 7) is 3.37. The maximum atomic E-state index is 14.1. The highest BCUT2D eigenvalue weighted by molar-refractivity contribution is 5.94. The minimum atomic E-state index is -0.577. The fourth-order valence-corrected chi connectivity index (χ4v) is 3.42. The number of anilines is 2. The number of carbonyl (C=O) groups excluding carboxylic acids is 1. The zero-order valence-electron chi connectivity index (χ0n) is 17.3. The Bertz CT molecular complexity index is 981. The molecule has 1 amide bonds. The van der Waals surface area contributed by atoms with E-state index >= 15 is 0 Å². The summed E-state index contributed by atoms with van der Waals surface area (Å²) >= 11 is 0. The zero-order chi connectivity index (χ0) is 22.2. The molecule has 1 aliphatic heterocycles. The van der Waals surface area contributed by atoms with Crippen molar-refractivity contribution in [1.82, 2.24) is 10.6 Å². The van der Waals surface area contributed by atoms with Crippen LogP contribution < -0.4 is 20.9 Å². The summed E-state index contributed by atoms with van der Waals surface area (Å²) in [6, 6.07) is 10.8. The minimum Gasteiger partial charge on any atom is -0.365 e. The van der Waals surface area contributed by atoms with Gasteiger partial charge in [0.2, 0.25) is 5.91 Å². The maximum absolute atomic E-state index is 14.1. The van der Waals surface area contributed by atoms with E-state index in [0.717, 1.165) is 0 Å². The SMILES string of the molecule is C#Cc1cccc(NC(=O)CN=C(NCC)NC2CCN(c3c(F)cccc3F)C2)c1. The van der Waals surface area contributed by atoms with Crippen molar-refractivity contribution < 1.29 is 13.6 Å². The molecule has 1 atom stereocenters. The van der Waals surface area contributed by atoms with Gasteiger partial charge >= 0.3 is 0 Å². The van der Waals surface area contributed by atoms with Gasteiger partial charge in [-0.05, 0) is 43.7 Å². The lowest BCUT2D eigenvalue weighted by molar-refractivity contribution is -0.114. The van der Waals surface area contributed by atoms with Gasteiger partial charge in [0, 0.05) is 36.9 Å². The van der Waals surface area contributed by atoms with Gasteiger partial charge in [0.1, 0.15) is 23.9 Å². The Balaban J connectivity index is 1.58. The first-order valence-electron chi connectivity index (χ1n) is 10.1. The lowest BCUT2D eigenvalue weighted by Crippen LogP contribution is -2.45. The fraction of sp³-hybridized carbons (Fsp3) is 0.304. The van der Waals surface area contributed by atoms with E-state index in [0.29, 0.717) is 43.3 Å². The molecule has 0 aliphatic carbocycles. The van der Waals surface area contributed by atoms with Crippen LogP contribution >= 0.6 is 0 Å². The average Bonchev–Trinajstić information content (AvgIpc) is 3.20.